The molecule has 0 spiro atoms. The lowest BCUT2D eigenvalue weighted by molar-refractivity contribution is 0.343. The maximum Gasteiger partial charge on any atom is 0.297 e. The van der Waals surface area contributed by atoms with Gasteiger partial charge in [-0.05, 0) is 12.5 Å². The summed E-state index contributed by atoms with van der Waals surface area (Å²) in [6.45, 7) is 1.90. The zero-order chi connectivity index (χ0) is 11.8. The molecule has 6 heteroatoms. The summed E-state index contributed by atoms with van der Waals surface area (Å²) in [5.74, 6) is 0. The first-order valence-corrected chi connectivity index (χ1v) is 6.77. The lowest BCUT2D eigenvalue weighted by Gasteiger charge is -1.98. The first-order valence-electron chi connectivity index (χ1n) is 4.46. The molecule has 0 bridgehead atoms. The third kappa shape index (κ3) is 2.10. The Morgan fingerprint density at radius 1 is 1.31 bits per heavy atom. The smallest absolute Gasteiger partial charge is 0.297 e. The van der Waals surface area contributed by atoms with E-state index >= 15 is 0 Å². The van der Waals surface area contributed by atoms with Gasteiger partial charge in [0.2, 0.25) is 0 Å². The summed E-state index contributed by atoms with van der Waals surface area (Å²) in [6.07, 6.45) is 0. The molecule has 0 atom stereocenters. The van der Waals surface area contributed by atoms with Gasteiger partial charge in [-0.3, -0.25) is 0 Å². The van der Waals surface area contributed by atoms with Crippen molar-refractivity contribution in [1.82, 2.24) is 5.16 Å². The van der Waals surface area contributed by atoms with Crippen LogP contribution in [0.15, 0.2) is 39.9 Å². The summed E-state index contributed by atoms with van der Waals surface area (Å²) in [6, 6.07) is 8.77. The Labute approximate surface area is 97.3 Å². The van der Waals surface area contributed by atoms with Gasteiger partial charge in [-0.1, -0.05) is 29.4 Å². The molecule has 4 nitrogen and oxygen atoms in total. The Hall–Kier alpha value is -1.33. The van der Waals surface area contributed by atoms with Crippen molar-refractivity contribution < 1.29 is 12.9 Å². The average molecular weight is 258 g/mol. The molecule has 0 amide bonds. The average Bonchev–Trinajstić information content (AvgIpc) is 2.66. The van der Waals surface area contributed by atoms with Crippen LogP contribution in [0.4, 0.5) is 0 Å². The normalized spacial score (nSPS) is 11.6. The number of benzene rings is 1. The van der Waals surface area contributed by atoms with E-state index in [-0.39, 0.29) is 5.09 Å². The van der Waals surface area contributed by atoms with Crippen molar-refractivity contribution in [3.63, 3.8) is 0 Å². The zero-order valence-electron chi connectivity index (χ0n) is 8.34. The topological polar surface area (TPSA) is 60.2 Å². The van der Waals surface area contributed by atoms with Gasteiger partial charge >= 0.3 is 0 Å². The van der Waals surface area contributed by atoms with Crippen molar-refractivity contribution in [2.45, 2.75) is 12.0 Å². The summed E-state index contributed by atoms with van der Waals surface area (Å²) >= 11 is 0. The van der Waals surface area contributed by atoms with Gasteiger partial charge in [0.25, 0.3) is 14.1 Å². The Balaban J connectivity index is 2.52. The molecule has 0 saturated heterocycles. The molecular formula is C10H8ClNO3S. The molecular weight excluding hydrogens is 250 g/mol. The molecule has 0 aliphatic carbocycles. The van der Waals surface area contributed by atoms with Gasteiger partial charge in [-0.2, -0.15) is 0 Å². The van der Waals surface area contributed by atoms with E-state index in [4.69, 9.17) is 10.7 Å². The van der Waals surface area contributed by atoms with E-state index in [1.54, 1.807) is 0 Å². The first-order chi connectivity index (χ1) is 7.48. The van der Waals surface area contributed by atoms with E-state index in [2.05, 4.69) is 9.68 Å². The molecule has 16 heavy (non-hydrogen) atoms. The zero-order valence-corrected chi connectivity index (χ0v) is 9.92. The SMILES string of the molecule is Cc1ccccc1-c1cc(S(=O)(=O)Cl)on1. The third-order valence-corrected chi connectivity index (χ3v) is 3.28. The Bertz CT molecular complexity index is 618. The summed E-state index contributed by atoms with van der Waals surface area (Å²) < 4.78 is 26.7. The maximum atomic E-state index is 11.0. The highest BCUT2D eigenvalue weighted by Crippen LogP contribution is 2.25. The molecule has 1 aromatic carbocycles. The van der Waals surface area contributed by atoms with Crippen molar-refractivity contribution in [3.05, 3.63) is 35.9 Å². The van der Waals surface area contributed by atoms with Crippen molar-refractivity contribution in [3.8, 4) is 11.3 Å². The van der Waals surface area contributed by atoms with E-state index in [0.717, 1.165) is 11.1 Å². The highest BCUT2D eigenvalue weighted by atomic mass is 35.7. The lowest BCUT2D eigenvalue weighted by atomic mass is 10.1. The van der Waals surface area contributed by atoms with E-state index in [0.29, 0.717) is 5.69 Å². The van der Waals surface area contributed by atoms with Gasteiger partial charge < -0.3 is 4.52 Å². The molecule has 1 heterocycles. The monoisotopic (exact) mass is 257 g/mol. The van der Waals surface area contributed by atoms with Crippen LogP contribution >= 0.6 is 10.7 Å². The van der Waals surface area contributed by atoms with E-state index < -0.39 is 9.05 Å². The number of aryl methyl sites for hydroxylation is 1. The number of nitrogens with zero attached hydrogens (tertiary/aromatic N) is 1. The molecule has 0 saturated carbocycles. The summed E-state index contributed by atoms with van der Waals surface area (Å²) in [5, 5.41) is 3.33. The fourth-order valence-corrected chi connectivity index (χ4v) is 1.96. The van der Waals surface area contributed by atoms with Crippen molar-refractivity contribution in [1.29, 1.82) is 0 Å². The second-order valence-corrected chi connectivity index (χ2v) is 5.78. The Kier molecular flexibility index (Phi) is 2.73. The predicted molar refractivity (Wildman–Crippen MR) is 59.7 cm³/mol. The summed E-state index contributed by atoms with van der Waals surface area (Å²) in [5.41, 5.74) is 2.25. The van der Waals surface area contributed by atoms with Gasteiger partial charge in [0, 0.05) is 22.3 Å². The fourth-order valence-electron chi connectivity index (χ4n) is 1.36. The van der Waals surface area contributed by atoms with Crippen molar-refractivity contribution >= 4 is 19.7 Å². The van der Waals surface area contributed by atoms with Crippen LogP contribution in [-0.4, -0.2) is 13.6 Å². The summed E-state index contributed by atoms with van der Waals surface area (Å²) in [7, 11) is 1.28. The molecule has 2 rings (SSSR count). The number of hydrogen-bond acceptors (Lipinski definition) is 4. The largest absolute Gasteiger partial charge is 0.343 e. The van der Waals surface area contributed by atoms with Crippen LogP contribution in [0.3, 0.4) is 0 Å². The minimum atomic E-state index is -3.86. The van der Waals surface area contributed by atoms with Gasteiger partial charge in [0.1, 0.15) is 5.69 Å². The highest BCUT2D eigenvalue weighted by molar-refractivity contribution is 8.13. The van der Waals surface area contributed by atoms with Crippen LogP contribution in [0.1, 0.15) is 5.56 Å². The summed E-state index contributed by atoms with van der Waals surface area (Å²) in [4.78, 5) is 0. The minimum Gasteiger partial charge on any atom is -0.343 e. The number of hydrogen-bond donors (Lipinski definition) is 0. The molecule has 0 unspecified atom stereocenters. The first kappa shape index (κ1) is 11.2. The second kappa shape index (κ2) is 3.92. The van der Waals surface area contributed by atoms with Gasteiger partial charge in [0.05, 0.1) is 0 Å². The second-order valence-electron chi connectivity index (χ2n) is 3.28. The van der Waals surface area contributed by atoms with Gasteiger partial charge in [0.15, 0.2) is 0 Å². The number of rotatable bonds is 2. The standard InChI is InChI=1S/C10H8ClNO3S/c1-7-4-2-3-5-8(7)9-6-10(15-12-9)16(11,13)14/h2-6H,1H3. The molecule has 84 valence electrons. The molecule has 1 aromatic heterocycles. The predicted octanol–water partition coefficient (Wildman–Crippen LogP) is 2.58. The van der Waals surface area contributed by atoms with Crippen molar-refractivity contribution in [2.24, 2.45) is 0 Å². The molecule has 0 fully saturated rings. The van der Waals surface area contributed by atoms with E-state index in [9.17, 15) is 8.42 Å². The number of aromatic nitrogens is 1. The van der Waals surface area contributed by atoms with E-state index in [1.807, 2.05) is 31.2 Å². The fraction of sp³-hybridized carbons (Fsp3) is 0.100. The Morgan fingerprint density at radius 3 is 2.56 bits per heavy atom. The van der Waals surface area contributed by atoms with Crippen molar-refractivity contribution in [2.75, 3.05) is 0 Å². The third-order valence-electron chi connectivity index (χ3n) is 2.15. The molecule has 0 aliphatic rings. The van der Waals surface area contributed by atoms with Gasteiger partial charge in [-0.15, -0.1) is 0 Å². The molecule has 0 N–H and O–H groups in total. The van der Waals surface area contributed by atoms with Crippen LogP contribution < -0.4 is 0 Å². The van der Waals surface area contributed by atoms with Crippen LogP contribution in [0.25, 0.3) is 11.3 Å². The van der Waals surface area contributed by atoms with Crippen LogP contribution in [0, 0.1) is 6.92 Å². The highest BCUT2D eigenvalue weighted by Gasteiger charge is 2.18. The van der Waals surface area contributed by atoms with Crippen LogP contribution in [0.2, 0.25) is 0 Å². The number of halogens is 1. The van der Waals surface area contributed by atoms with Crippen LogP contribution in [-0.2, 0) is 9.05 Å². The molecule has 2 aromatic rings. The lowest BCUT2D eigenvalue weighted by Crippen LogP contribution is -1.85. The minimum absolute atomic E-state index is 0.340. The quantitative estimate of drug-likeness (QED) is 0.776. The Morgan fingerprint density at radius 2 is 2.00 bits per heavy atom. The van der Waals surface area contributed by atoms with Crippen LogP contribution in [0.5, 0.6) is 0 Å². The molecule has 0 radical (unpaired) electrons. The van der Waals surface area contributed by atoms with E-state index in [1.165, 1.54) is 6.07 Å². The maximum absolute atomic E-state index is 11.0. The molecule has 0 aliphatic heterocycles. The van der Waals surface area contributed by atoms with Gasteiger partial charge in [-0.25, -0.2) is 8.42 Å².